The first-order valence-corrected chi connectivity index (χ1v) is 12.3. The molecule has 0 fully saturated rings. The molecule has 35 heavy (non-hydrogen) atoms. The summed E-state index contributed by atoms with van der Waals surface area (Å²) in [6.45, 7) is 1.71. The summed E-state index contributed by atoms with van der Waals surface area (Å²) in [6, 6.07) is 31.8. The number of methoxy groups -OCH3 is 1. The van der Waals surface area contributed by atoms with Crippen molar-refractivity contribution < 1.29 is 14.3 Å². The number of benzene rings is 4. The van der Waals surface area contributed by atoms with Crippen LogP contribution in [0, 0.1) is 0 Å². The molecule has 0 saturated carbocycles. The third-order valence-electron chi connectivity index (χ3n) is 6.87. The van der Waals surface area contributed by atoms with Crippen LogP contribution < -0.4 is 10.1 Å². The molecule has 0 aliphatic carbocycles. The Kier molecular flexibility index (Phi) is 7.10. The van der Waals surface area contributed by atoms with E-state index in [0.717, 1.165) is 37.2 Å². The molecule has 4 nitrogen and oxygen atoms in total. The Morgan fingerprint density at radius 3 is 2.57 bits per heavy atom. The van der Waals surface area contributed by atoms with Crippen molar-refractivity contribution in [2.75, 3.05) is 20.2 Å². The van der Waals surface area contributed by atoms with Crippen molar-refractivity contribution in [3.63, 3.8) is 0 Å². The molecule has 4 aromatic carbocycles. The fraction of sp³-hybridized carbons (Fsp3) is 0.258. The Labute approximate surface area is 206 Å². The highest BCUT2D eigenvalue weighted by Crippen LogP contribution is 2.40. The summed E-state index contributed by atoms with van der Waals surface area (Å²) in [5.41, 5.74) is 4.80. The second-order valence-corrected chi connectivity index (χ2v) is 9.15. The van der Waals surface area contributed by atoms with Gasteiger partial charge in [0, 0.05) is 18.0 Å². The summed E-state index contributed by atoms with van der Waals surface area (Å²) in [4.78, 5) is 11.6. The Morgan fingerprint density at radius 2 is 1.71 bits per heavy atom. The minimum absolute atomic E-state index is 0.0946. The molecular formula is C31H31NO3. The largest absolute Gasteiger partial charge is 0.489 e. The fourth-order valence-electron chi connectivity index (χ4n) is 5.04. The van der Waals surface area contributed by atoms with Gasteiger partial charge >= 0.3 is 5.97 Å². The molecule has 178 valence electrons. The molecule has 4 heteroatoms. The van der Waals surface area contributed by atoms with E-state index in [9.17, 15) is 4.79 Å². The quantitative estimate of drug-likeness (QED) is 0.269. The van der Waals surface area contributed by atoms with E-state index >= 15 is 0 Å². The molecule has 0 saturated heterocycles. The second kappa shape index (κ2) is 10.7. The smallest absolute Gasteiger partial charge is 0.309 e. The molecule has 1 heterocycles. The number of fused-ring (bicyclic) bond motifs is 2. The summed E-state index contributed by atoms with van der Waals surface area (Å²) < 4.78 is 11.2. The normalized spacial score (nSPS) is 16.9. The predicted molar refractivity (Wildman–Crippen MR) is 140 cm³/mol. The number of hydrogen-bond donors (Lipinski definition) is 1. The maximum absolute atomic E-state index is 11.6. The van der Waals surface area contributed by atoms with Gasteiger partial charge in [-0.1, -0.05) is 84.9 Å². The lowest BCUT2D eigenvalue weighted by atomic mass is 9.84. The maximum Gasteiger partial charge on any atom is 0.309 e. The number of nitrogens with one attached hydrogen (secondary N) is 1. The summed E-state index contributed by atoms with van der Waals surface area (Å²) in [6.07, 6.45) is 2.28. The Morgan fingerprint density at radius 1 is 0.943 bits per heavy atom. The van der Waals surface area contributed by atoms with Gasteiger partial charge in [-0.25, -0.2) is 0 Å². The van der Waals surface area contributed by atoms with Crippen molar-refractivity contribution in [1.82, 2.24) is 5.32 Å². The van der Waals surface area contributed by atoms with E-state index in [-0.39, 0.29) is 18.0 Å². The van der Waals surface area contributed by atoms with E-state index in [4.69, 9.17) is 9.47 Å². The van der Waals surface area contributed by atoms with Gasteiger partial charge in [0.2, 0.25) is 0 Å². The van der Waals surface area contributed by atoms with Gasteiger partial charge in [0.1, 0.15) is 11.9 Å². The Hall–Kier alpha value is -3.63. The maximum atomic E-state index is 11.6. The molecule has 4 aromatic rings. The zero-order valence-corrected chi connectivity index (χ0v) is 20.1. The molecule has 1 aliphatic heterocycles. The highest BCUT2D eigenvalue weighted by Gasteiger charge is 2.29. The molecule has 0 aromatic heterocycles. The third kappa shape index (κ3) is 5.39. The van der Waals surface area contributed by atoms with Crippen LogP contribution in [0.15, 0.2) is 91.0 Å². The van der Waals surface area contributed by atoms with E-state index in [2.05, 4.69) is 78.1 Å². The van der Waals surface area contributed by atoms with Gasteiger partial charge in [-0.2, -0.15) is 0 Å². The summed E-state index contributed by atoms with van der Waals surface area (Å²) in [7, 11) is 1.42. The Balaban J connectivity index is 1.24. The zero-order chi connectivity index (χ0) is 24.0. The lowest BCUT2D eigenvalue weighted by Crippen LogP contribution is -2.36. The first-order valence-electron chi connectivity index (χ1n) is 12.3. The van der Waals surface area contributed by atoms with E-state index in [1.807, 2.05) is 18.2 Å². The van der Waals surface area contributed by atoms with Crippen LogP contribution in [0.4, 0.5) is 0 Å². The van der Waals surface area contributed by atoms with Gasteiger partial charge in [-0.3, -0.25) is 4.79 Å². The summed E-state index contributed by atoms with van der Waals surface area (Å²) in [5.74, 6) is 1.00. The molecule has 1 N–H and O–H groups in total. The van der Waals surface area contributed by atoms with Crippen molar-refractivity contribution in [1.29, 1.82) is 0 Å². The molecule has 2 atom stereocenters. The van der Waals surface area contributed by atoms with Gasteiger partial charge in [0.25, 0.3) is 0 Å². The van der Waals surface area contributed by atoms with Gasteiger partial charge in [0.05, 0.1) is 13.5 Å². The molecule has 0 bridgehead atoms. The van der Waals surface area contributed by atoms with E-state index in [1.165, 1.54) is 34.6 Å². The lowest BCUT2D eigenvalue weighted by Gasteiger charge is -2.33. The van der Waals surface area contributed by atoms with E-state index in [0.29, 0.717) is 6.42 Å². The fourth-order valence-corrected chi connectivity index (χ4v) is 5.04. The minimum atomic E-state index is -0.219. The van der Waals surface area contributed by atoms with Crippen LogP contribution >= 0.6 is 0 Å². The zero-order valence-electron chi connectivity index (χ0n) is 20.1. The number of esters is 1. The van der Waals surface area contributed by atoms with Crippen LogP contribution in [0.2, 0.25) is 0 Å². The predicted octanol–water partition coefficient (Wildman–Crippen LogP) is 5.67. The number of carbonyl (C=O) groups excluding carboxylic acids is 1. The average Bonchev–Trinajstić information content (AvgIpc) is 2.91. The van der Waals surface area contributed by atoms with Crippen molar-refractivity contribution in [3.05, 3.63) is 113 Å². The molecule has 0 spiro atoms. The molecule has 0 radical (unpaired) electrons. The number of ether oxygens (including phenoxy) is 2. The van der Waals surface area contributed by atoms with Crippen molar-refractivity contribution in [2.24, 2.45) is 0 Å². The van der Waals surface area contributed by atoms with Gasteiger partial charge < -0.3 is 14.8 Å². The minimum Gasteiger partial charge on any atom is -0.489 e. The van der Waals surface area contributed by atoms with Gasteiger partial charge in [-0.15, -0.1) is 0 Å². The summed E-state index contributed by atoms with van der Waals surface area (Å²) in [5, 5.41) is 6.25. The number of hydrogen-bond acceptors (Lipinski definition) is 4. The van der Waals surface area contributed by atoms with Crippen molar-refractivity contribution >= 4 is 16.7 Å². The topological polar surface area (TPSA) is 47.6 Å². The van der Waals surface area contributed by atoms with Crippen LogP contribution in [-0.4, -0.2) is 32.3 Å². The number of para-hydroxylation sites is 1. The molecule has 5 rings (SSSR count). The third-order valence-corrected chi connectivity index (χ3v) is 6.87. The van der Waals surface area contributed by atoms with E-state index in [1.54, 1.807) is 0 Å². The molecule has 0 amide bonds. The number of carbonyl (C=O) groups is 1. The average molecular weight is 466 g/mol. The standard InChI is InChI=1S/C31H31NO3/c1-34-31(33)19-22-13-15-25(16-14-22)29-20-26(35-30-12-5-4-11-28(29)30)21-32-18-17-24-9-6-8-23-7-2-3-10-27(23)24/h2-16,26,29,32H,17-21H2,1H3/t26-,29-/m1/s1. The first-order chi connectivity index (χ1) is 17.2. The molecule has 0 unspecified atom stereocenters. The first kappa shape index (κ1) is 23.1. The van der Waals surface area contributed by atoms with Crippen LogP contribution in [0.25, 0.3) is 10.8 Å². The van der Waals surface area contributed by atoms with Crippen LogP contribution in [-0.2, 0) is 22.4 Å². The Bertz CT molecular complexity index is 1290. The highest BCUT2D eigenvalue weighted by atomic mass is 16.5. The van der Waals surface area contributed by atoms with Crippen LogP contribution in [0.5, 0.6) is 5.75 Å². The lowest BCUT2D eigenvalue weighted by molar-refractivity contribution is -0.139. The highest BCUT2D eigenvalue weighted by molar-refractivity contribution is 5.85. The van der Waals surface area contributed by atoms with Crippen LogP contribution in [0.3, 0.4) is 0 Å². The summed E-state index contributed by atoms with van der Waals surface area (Å²) >= 11 is 0. The van der Waals surface area contributed by atoms with E-state index < -0.39 is 0 Å². The van der Waals surface area contributed by atoms with Gasteiger partial charge in [0.15, 0.2) is 0 Å². The second-order valence-electron chi connectivity index (χ2n) is 9.15. The molecular weight excluding hydrogens is 434 g/mol. The molecule has 1 aliphatic rings. The SMILES string of the molecule is COC(=O)Cc1ccc([C@H]2C[C@H](CNCCc3cccc4ccccc34)Oc3ccccc32)cc1. The van der Waals surface area contributed by atoms with Crippen molar-refractivity contribution in [3.8, 4) is 5.75 Å². The monoisotopic (exact) mass is 465 g/mol. The van der Waals surface area contributed by atoms with Gasteiger partial charge in [-0.05, 0) is 52.9 Å². The van der Waals surface area contributed by atoms with Crippen molar-refractivity contribution in [2.45, 2.75) is 31.3 Å². The number of rotatable bonds is 8. The van der Waals surface area contributed by atoms with Crippen LogP contribution in [0.1, 0.15) is 34.6 Å².